The SMILES string of the molecule is CC(=C(C(C)(C(F)(F)F)C(F)(F)F)C(C)(C(F)(F)F)C(F)(F)F)C(F)(F)F. The van der Waals surface area contributed by atoms with Gasteiger partial charge in [-0.2, -0.15) is 65.9 Å². The van der Waals surface area contributed by atoms with Crippen LogP contribution in [0.25, 0.3) is 0 Å². The first-order valence-electron chi connectivity index (χ1n) is 6.33. The fourth-order valence-corrected chi connectivity index (χ4v) is 2.28. The largest absolute Gasteiger partial charge is 0.412 e. The van der Waals surface area contributed by atoms with Crippen molar-refractivity contribution in [1.29, 1.82) is 0 Å². The first kappa shape index (κ1) is 25.7. The van der Waals surface area contributed by atoms with Crippen molar-refractivity contribution in [1.82, 2.24) is 0 Å². The molecule has 0 aliphatic carbocycles. The molecule has 0 aromatic carbocycles. The Labute approximate surface area is 141 Å². The van der Waals surface area contributed by atoms with Gasteiger partial charge in [0.05, 0.1) is 0 Å². The third kappa shape index (κ3) is 3.96. The van der Waals surface area contributed by atoms with Gasteiger partial charge in [-0.15, -0.1) is 0 Å². The molecule has 0 spiro atoms. The Morgan fingerprint density at radius 1 is 0.444 bits per heavy atom. The van der Waals surface area contributed by atoms with Crippen LogP contribution in [-0.2, 0) is 0 Å². The number of halogens is 15. The molecule has 0 radical (unpaired) electrons. The van der Waals surface area contributed by atoms with Crippen molar-refractivity contribution in [2.75, 3.05) is 0 Å². The van der Waals surface area contributed by atoms with Crippen LogP contribution in [-0.4, -0.2) is 30.9 Å². The number of allylic oxidation sites excluding steroid dienone is 2. The number of rotatable bonds is 2. The van der Waals surface area contributed by atoms with E-state index < -0.39 is 73.6 Å². The van der Waals surface area contributed by atoms with E-state index in [-0.39, 0.29) is 0 Å². The van der Waals surface area contributed by atoms with Crippen LogP contribution in [0.3, 0.4) is 0 Å². The van der Waals surface area contributed by atoms with E-state index in [9.17, 15) is 65.9 Å². The zero-order chi connectivity index (χ0) is 22.7. The van der Waals surface area contributed by atoms with E-state index in [0.29, 0.717) is 0 Å². The number of alkyl halides is 15. The van der Waals surface area contributed by atoms with Crippen LogP contribution in [0.5, 0.6) is 0 Å². The molecule has 0 saturated heterocycles. The highest BCUT2D eigenvalue weighted by atomic mass is 19.4. The highest BCUT2D eigenvalue weighted by Crippen LogP contribution is 2.67. The van der Waals surface area contributed by atoms with Crippen LogP contribution in [0.4, 0.5) is 65.9 Å². The van der Waals surface area contributed by atoms with Gasteiger partial charge in [-0.3, -0.25) is 0 Å². The van der Waals surface area contributed by atoms with Gasteiger partial charge in [-0.1, -0.05) is 0 Å². The standard InChI is InChI=1S/C12H9F15/c1-4(8(13,14)15)5(6(2,9(16,17)18)10(19,20)21)7(3,11(22,23)24)12(25,26)27/h1-3H3. The van der Waals surface area contributed by atoms with Crippen LogP contribution in [0, 0.1) is 10.8 Å². The Balaban J connectivity index is 7.82. The fourth-order valence-electron chi connectivity index (χ4n) is 2.28. The third-order valence-corrected chi connectivity index (χ3v) is 4.07. The van der Waals surface area contributed by atoms with E-state index in [1.807, 2.05) is 0 Å². The van der Waals surface area contributed by atoms with Crippen molar-refractivity contribution in [2.45, 2.75) is 51.7 Å². The van der Waals surface area contributed by atoms with Crippen molar-refractivity contribution in [3.8, 4) is 0 Å². The van der Waals surface area contributed by atoms with Gasteiger partial charge in [-0.25, -0.2) is 0 Å². The minimum atomic E-state index is -6.98. The van der Waals surface area contributed by atoms with E-state index in [0.717, 1.165) is 0 Å². The maximum absolute atomic E-state index is 13.0. The lowest BCUT2D eigenvalue weighted by molar-refractivity contribution is -0.358. The molecule has 0 aliphatic heterocycles. The number of hydrogen-bond acceptors (Lipinski definition) is 0. The van der Waals surface area contributed by atoms with E-state index in [1.165, 1.54) is 0 Å². The lowest BCUT2D eigenvalue weighted by Gasteiger charge is -2.46. The molecule has 0 nitrogen and oxygen atoms in total. The maximum atomic E-state index is 13.0. The quantitative estimate of drug-likeness (QED) is 0.318. The summed E-state index contributed by atoms with van der Waals surface area (Å²) in [6, 6.07) is 0. The molecule has 0 unspecified atom stereocenters. The summed E-state index contributed by atoms with van der Waals surface area (Å²) in [5, 5.41) is 0. The molecule has 162 valence electrons. The summed E-state index contributed by atoms with van der Waals surface area (Å²) in [5.41, 5.74) is -19.5. The zero-order valence-electron chi connectivity index (χ0n) is 13.2. The average molecular weight is 438 g/mol. The molecule has 0 aromatic heterocycles. The molecule has 0 saturated carbocycles. The Kier molecular flexibility index (Phi) is 6.05. The summed E-state index contributed by atoms with van der Waals surface area (Å²) in [4.78, 5) is 0. The molecular formula is C12H9F15. The second-order valence-electron chi connectivity index (χ2n) is 5.74. The van der Waals surface area contributed by atoms with Crippen molar-refractivity contribution >= 4 is 0 Å². The minimum Gasteiger partial charge on any atom is -0.170 e. The Hall–Kier alpha value is -1.31. The molecule has 0 heterocycles. The second kappa shape index (κ2) is 6.36. The third-order valence-electron chi connectivity index (χ3n) is 4.07. The molecule has 0 rings (SSSR count). The van der Waals surface area contributed by atoms with E-state index in [4.69, 9.17) is 0 Å². The van der Waals surface area contributed by atoms with Crippen LogP contribution >= 0.6 is 0 Å². The molecule has 0 aliphatic rings. The summed E-state index contributed by atoms with van der Waals surface area (Å²) in [6.07, 6.45) is -34.3. The lowest BCUT2D eigenvalue weighted by Crippen LogP contribution is -2.60. The summed E-state index contributed by atoms with van der Waals surface area (Å²) < 4.78 is 195. The van der Waals surface area contributed by atoms with Gasteiger partial charge in [0.25, 0.3) is 0 Å². The van der Waals surface area contributed by atoms with Crippen LogP contribution < -0.4 is 0 Å². The monoisotopic (exact) mass is 438 g/mol. The Bertz CT molecular complexity index is 506. The summed E-state index contributed by atoms with van der Waals surface area (Å²) in [7, 11) is 0. The predicted molar refractivity (Wildman–Crippen MR) is 59.2 cm³/mol. The molecule has 0 N–H and O–H groups in total. The summed E-state index contributed by atoms with van der Waals surface area (Å²) in [6.45, 7) is -3.11. The molecular weight excluding hydrogens is 429 g/mol. The van der Waals surface area contributed by atoms with Crippen molar-refractivity contribution in [3.63, 3.8) is 0 Å². The average Bonchev–Trinajstić information content (AvgIpc) is 2.31. The normalized spacial score (nSPS) is 15.8. The van der Waals surface area contributed by atoms with Crippen molar-refractivity contribution in [2.24, 2.45) is 10.8 Å². The molecule has 15 heteroatoms. The van der Waals surface area contributed by atoms with Crippen LogP contribution in [0.1, 0.15) is 20.8 Å². The lowest BCUT2D eigenvalue weighted by atomic mass is 9.64. The molecule has 0 bridgehead atoms. The Morgan fingerprint density at radius 3 is 0.741 bits per heavy atom. The van der Waals surface area contributed by atoms with E-state index in [2.05, 4.69) is 0 Å². The Morgan fingerprint density at radius 2 is 0.630 bits per heavy atom. The smallest absolute Gasteiger partial charge is 0.170 e. The van der Waals surface area contributed by atoms with Crippen molar-refractivity contribution < 1.29 is 65.9 Å². The van der Waals surface area contributed by atoms with Gasteiger partial charge < -0.3 is 0 Å². The minimum absolute atomic E-state index is 0.708. The van der Waals surface area contributed by atoms with Gasteiger partial charge in [-0.05, 0) is 26.3 Å². The predicted octanol–water partition coefficient (Wildman–Crippen LogP) is 7.13. The number of hydrogen-bond donors (Lipinski definition) is 0. The summed E-state index contributed by atoms with van der Waals surface area (Å²) >= 11 is 0. The van der Waals surface area contributed by atoms with Gasteiger partial charge in [0.1, 0.15) is 0 Å². The maximum Gasteiger partial charge on any atom is 0.412 e. The summed E-state index contributed by atoms with van der Waals surface area (Å²) in [5.74, 6) is 0. The van der Waals surface area contributed by atoms with Gasteiger partial charge in [0, 0.05) is 5.57 Å². The highest BCUT2D eigenvalue weighted by Gasteiger charge is 2.81. The second-order valence-corrected chi connectivity index (χ2v) is 5.74. The molecule has 0 aromatic rings. The molecule has 0 amide bonds. The van der Waals surface area contributed by atoms with Gasteiger partial charge in [0.2, 0.25) is 0 Å². The molecule has 0 fully saturated rings. The van der Waals surface area contributed by atoms with Crippen molar-refractivity contribution in [3.05, 3.63) is 11.1 Å². The molecule has 0 atom stereocenters. The first-order valence-corrected chi connectivity index (χ1v) is 6.33. The van der Waals surface area contributed by atoms with Crippen LogP contribution in [0.15, 0.2) is 11.1 Å². The fraction of sp³-hybridized carbons (Fsp3) is 0.833. The van der Waals surface area contributed by atoms with Crippen LogP contribution in [0.2, 0.25) is 0 Å². The van der Waals surface area contributed by atoms with E-state index >= 15 is 0 Å². The van der Waals surface area contributed by atoms with E-state index in [1.54, 1.807) is 0 Å². The zero-order valence-corrected chi connectivity index (χ0v) is 13.2. The molecule has 27 heavy (non-hydrogen) atoms. The van der Waals surface area contributed by atoms with Gasteiger partial charge >= 0.3 is 30.9 Å². The first-order chi connectivity index (χ1) is 11.3. The topological polar surface area (TPSA) is 0 Å². The van der Waals surface area contributed by atoms with Gasteiger partial charge in [0.15, 0.2) is 10.8 Å². The highest BCUT2D eigenvalue weighted by molar-refractivity contribution is 5.36.